The number of nitrogens with zero attached hydrogens (tertiary/aromatic N) is 1. The maximum Gasteiger partial charge on any atom is 0.223 e. The number of carbonyl (C=O) groups excluding carboxylic acids is 3. The summed E-state index contributed by atoms with van der Waals surface area (Å²) in [6.07, 6.45) is 8.14. The van der Waals surface area contributed by atoms with Crippen molar-refractivity contribution in [2.45, 2.75) is 69.9 Å². The van der Waals surface area contributed by atoms with Crippen molar-refractivity contribution in [3.63, 3.8) is 0 Å². The SMILES string of the molecule is O=C(S)[C@H]1NCCC1C(=O)[C@@H]1CCCN1C(=O)CCC[C@@H]1CCc2ccccc2C1. The number of thiol groups is 1. The Kier molecular flexibility index (Phi) is 6.94. The molecular weight excluding hydrogens is 396 g/mol. The number of benzene rings is 1. The van der Waals surface area contributed by atoms with E-state index in [1.54, 1.807) is 4.90 Å². The van der Waals surface area contributed by atoms with Crippen LogP contribution in [0.15, 0.2) is 24.3 Å². The molecule has 0 aromatic heterocycles. The molecule has 4 rings (SSSR count). The fraction of sp³-hybridized carbons (Fsp3) is 0.625. The van der Waals surface area contributed by atoms with Crippen LogP contribution < -0.4 is 5.32 Å². The van der Waals surface area contributed by atoms with E-state index in [2.05, 4.69) is 42.2 Å². The van der Waals surface area contributed by atoms with Crippen LogP contribution in [-0.4, -0.2) is 46.9 Å². The Hall–Kier alpha value is -1.66. The second-order valence-corrected chi connectivity index (χ2v) is 9.52. The zero-order valence-electron chi connectivity index (χ0n) is 17.5. The molecule has 1 N–H and O–H groups in total. The highest BCUT2D eigenvalue weighted by Crippen LogP contribution is 2.30. The Morgan fingerprint density at radius 3 is 2.70 bits per heavy atom. The summed E-state index contributed by atoms with van der Waals surface area (Å²) in [6, 6.07) is 7.81. The van der Waals surface area contributed by atoms with Crippen LogP contribution in [0.2, 0.25) is 0 Å². The molecule has 2 aliphatic heterocycles. The minimum Gasteiger partial charge on any atom is -0.333 e. The van der Waals surface area contributed by atoms with E-state index in [9.17, 15) is 14.4 Å². The van der Waals surface area contributed by atoms with E-state index in [1.165, 1.54) is 17.5 Å². The van der Waals surface area contributed by atoms with Crippen LogP contribution in [0.4, 0.5) is 0 Å². The van der Waals surface area contributed by atoms with Gasteiger partial charge in [0.05, 0.1) is 12.1 Å². The molecule has 1 amide bonds. The highest BCUT2D eigenvalue weighted by Gasteiger charge is 2.43. The van der Waals surface area contributed by atoms with E-state index >= 15 is 0 Å². The van der Waals surface area contributed by atoms with Gasteiger partial charge >= 0.3 is 0 Å². The van der Waals surface area contributed by atoms with Crippen molar-refractivity contribution in [1.29, 1.82) is 0 Å². The summed E-state index contributed by atoms with van der Waals surface area (Å²) < 4.78 is 0. The number of aryl methyl sites for hydroxylation is 1. The summed E-state index contributed by atoms with van der Waals surface area (Å²) in [5.41, 5.74) is 2.94. The Morgan fingerprint density at radius 2 is 1.90 bits per heavy atom. The van der Waals surface area contributed by atoms with E-state index in [0.717, 1.165) is 32.1 Å². The number of rotatable bonds is 7. The lowest BCUT2D eigenvalue weighted by Crippen LogP contribution is -2.46. The lowest BCUT2D eigenvalue weighted by Gasteiger charge is -2.28. The molecule has 0 bridgehead atoms. The fourth-order valence-corrected chi connectivity index (χ4v) is 5.85. The molecule has 162 valence electrons. The van der Waals surface area contributed by atoms with Crippen molar-refractivity contribution < 1.29 is 14.4 Å². The van der Waals surface area contributed by atoms with Crippen LogP contribution in [0.3, 0.4) is 0 Å². The summed E-state index contributed by atoms with van der Waals surface area (Å²) in [5, 5.41) is 2.80. The Balaban J connectivity index is 1.28. The van der Waals surface area contributed by atoms with Crippen LogP contribution in [0.1, 0.15) is 56.1 Å². The number of ketones is 1. The molecule has 3 aliphatic rings. The van der Waals surface area contributed by atoms with Crippen LogP contribution in [0.25, 0.3) is 0 Å². The highest BCUT2D eigenvalue weighted by molar-refractivity contribution is 7.96. The van der Waals surface area contributed by atoms with Gasteiger partial charge in [-0.2, -0.15) is 0 Å². The second kappa shape index (κ2) is 9.65. The lowest BCUT2D eigenvalue weighted by atomic mass is 9.81. The second-order valence-electron chi connectivity index (χ2n) is 9.08. The smallest absolute Gasteiger partial charge is 0.223 e. The van der Waals surface area contributed by atoms with Crippen molar-refractivity contribution in [3.05, 3.63) is 35.4 Å². The summed E-state index contributed by atoms with van der Waals surface area (Å²) in [6.45, 7) is 1.31. The van der Waals surface area contributed by atoms with Gasteiger partial charge in [-0.1, -0.05) is 24.3 Å². The number of carbonyl (C=O) groups is 3. The predicted molar refractivity (Wildman–Crippen MR) is 119 cm³/mol. The van der Waals surface area contributed by atoms with Gasteiger partial charge in [0.25, 0.3) is 0 Å². The number of hydrogen-bond donors (Lipinski definition) is 2. The fourth-order valence-electron chi connectivity index (χ4n) is 5.58. The maximum absolute atomic E-state index is 13.1. The summed E-state index contributed by atoms with van der Waals surface area (Å²) in [4.78, 5) is 39.5. The average Bonchev–Trinajstić information content (AvgIpc) is 3.43. The third-order valence-corrected chi connectivity index (χ3v) is 7.49. The first-order valence-corrected chi connectivity index (χ1v) is 11.9. The standard InChI is InChI=1S/C24H32N2O3S/c27-21(9-3-5-16-10-11-17-6-1-2-7-18(17)15-16)26-14-4-8-20(26)23(28)19-12-13-25-22(19)24(29)30/h1-2,6-7,16,19-20,22,25H,3-5,8-15H2,(H,29,30)/t16-,19?,20+,22+/m1/s1. The first-order valence-electron chi connectivity index (χ1n) is 11.4. The zero-order chi connectivity index (χ0) is 21.1. The minimum absolute atomic E-state index is 0.0436. The third kappa shape index (κ3) is 4.65. The van der Waals surface area contributed by atoms with Gasteiger partial charge in [-0.05, 0) is 75.0 Å². The minimum atomic E-state index is -0.507. The van der Waals surface area contributed by atoms with Crippen molar-refractivity contribution in [3.8, 4) is 0 Å². The lowest BCUT2D eigenvalue weighted by molar-refractivity contribution is -0.139. The molecule has 1 unspecified atom stereocenters. The molecule has 1 aliphatic carbocycles. The summed E-state index contributed by atoms with van der Waals surface area (Å²) in [5.74, 6) is 0.440. The molecule has 0 spiro atoms. The molecule has 1 aromatic carbocycles. The molecule has 2 heterocycles. The van der Waals surface area contributed by atoms with Crippen LogP contribution in [-0.2, 0) is 27.2 Å². The van der Waals surface area contributed by atoms with Gasteiger partial charge in [-0.3, -0.25) is 14.4 Å². The molecule has 6 heteroatoms. The van der Waals surface area contributed by atoms with Crippen molar-refractivity contribution >= 4 is 29.4 Å². The molecule has 0 saturated carbocycles. The molecular formula is C24H32N2O3S. The predicted octanol–water partition coefficient (Wildman–Crippen LogP) is 2.96. The van der Waals surface area contributed by atoms with Gasteiger partial charge in [0.2, 0.25) is 11.0 Å². The Morgan fingerprint density at radius 1 is 1.10 bits per heavy atom. The van der Waals surface area contributed by atoms with Gasteiger partial charge in [0, 0.05) is 18.9 Å². The van der Waals surface area contributed by atoms with Gasteiger partial charge in [0.1, 0.15) is 0 Å². The average molecular weight is 429 g/mol. The van der Waals surface area contributed by atoms with Crippen molar-refractivity contribution in [2.75, 3.05) is 13.1 Å². The number of nitrogens with one attached hydrogen (secondary N) is 1. The van der Waals surface area contributed by atoms with Gasteiger partial charge in [0.15, 0.2) is 5.78 Å². The van der Waals surface area contributed by atoms with E-state index in [4.69, 9.17) is 0 Å². The van der Waals surface area contributed by atoms with E-state index in [0.29, 0.717) is 38.3 Å². The first-order chi connectivity index (χ1) is 14.5. The number of likely N-dealkylation sites (tertiary alicyclic amines) is 1. The number of amides is 1. The molecule has 5 nitrogen and oxygen atoms in total. The maximum atomic E-state index is 13.1. The zero-order valence-corrected chi connectivity index (χ0v) is 18.4. The van der Waals surface area contributed by atoms with E-state index < -0.39 is 6.04 Å². The van der Waals surface area contributed by atoms with Crippen LogP contribution in [0, 0.1) is 11.8 Å². The van der Waals surface area contributed by atoms with Crippen LogP contribution >= 0.6 is 12.6 Å². The quantitative estimate of drug-likeness (QED) is 0.656. The Bertz CT molecular complexity index is 811. The first kappa shape index (κ1) is 21.6. The number of fused-ring (bicyclic) bond motifs is 1. The normalized spacial score (nSPS) is 28.4. The highest BCUT2D eigenvalue weighted by atomic mass is 32.1. The molecule has 2 fully saturated rings. The van der Waals surface area contributed by atoms with E-state index in [1.807, 2.05) is 0 Å². The molecule has 1 aromatic rings. The van der Waals surface area contributed by atoms with Gasteiger partial charge in [-0.25, -0.2) is 0 Å². The van der Waals surface area contributed by atoms with Crippen LogP contribution in [0.5, 0.6) is 0 Å². The number of hydrogen-bond acceptors (Lipinski definition) is 4. The Labute approximate surface area is 184 Å². The van der Waals surface area contributed by atoms with E-state index in [-0.39, 0.29) is 28.8 Å². The van der Waals surface area contributed by atoms with Gasteiger partial charge < -0.3 is 10.2 Å². The monoisotopic (exact) mass is 428 g/mol. The topological polar surface area (TPSA) is 66.5 Å². The van der Waals surface area contributed by atoms with Gasteiger partial charge in [-0.15, -0.1) is 12.6 Å². The largest absolute Gasteiger partial charge is 0.333 e. The molecule has 2 saturated heterocycles. The molecule has 4 atom stereocenters. The van der Waals surface area contributed by atoms with Crippen molar-refractivity contribution in [1.82, 2.24) is 10.2 Å². The third-order valence-electron chi connectivity index (χ3n) is 7.21. The summed E-state index contributed by atoms with van der Waals surface area (Å²) in [7, 11) is 0. The molecule has 0 radical (unpaired) electrons. The van der Waals surface area contributed by atoms with Crippen molar-refractivity contribution in [2.24, 2.45) is 11.8 Å². The summed E-state index contributed by atoms with van der Waals surface area (Å²) >= 11 is 3.93. The number of Topliss-reactive ketones (excluding diaryl/α,β-unsaturated/α-hetero) is 1. The molecule has 30 heavy (non-hydrogen) atoms.